The van der Waals surface area contributed by atoms with E-state index in [-0.39, 0.29) is 5.97 Å². The number of ether oxygens (including phenoxy) is 1. The Morgan fingerprint density at radius 2 is 2.06 bits per heavy atom. The first-order valence-corrected chi connectivity index (χ1v) is 6.63. The molecule has 86 valence electrons. The minimum absolute atomic E-state index is 0.148. The Morgan fingerprint density at radius 3 is 2.62 bits per heavy atom. The molecule has 0 amide bonds. The van der Waals surface area contributed by atoms with Crippen LogP contribution in [0.4, 0.5) is 0 Å². The summed E-state index contributed by atoms with van der Waals surface area (Å²) in [4.78, 5) is 12.5. The van der Waals surface area contributed by atoms with Gasteiger partial charge in [-0.1, -0.05) is 6.92 Å². The fraction of sp³-hybridized carbons (Fsp3) is 0.462. The fourth-order valence-electron chi connectivity index (χ4n) is 1.35. The SMILES string of the molecule is CCCC(=O)Oc1ccc(SC2CC2)cc1. The van der Waals surface area contributed by atoms with E-state index in [2.05, 4.69) is 0 Å². The van der Waals surface area contributed by atoms with Gasteiger partial charge in [-0.15, -0.1) is 11.8 Å². The number of esters is 1. The summed E-state index contributed by atoms with van der Waals surface area (Å²) in [5.41, 5.74) is 0. The van der Waals surface area contributed by atoms with Crippen LogP contribution in [-0.2, 0) is 4.79 Å². The number of rotatable bonds is 5. The topological polar surface area (TPSA) is 26.3 Å². The van der Waals surface area contributed by atoms with Crippen LogP contribution >= 0.6 is 11.8 Å². The molecular weight excluding hydrogens is 220 g/mol. The third-order valence-corrected chi connectivity index (χ3v) is 3.69. The second-order valence-electron chi connectivity index (χ2n) is 4.01. The fourth-order valence-corrected chi connectivity index (χ4v) is 2.40. The van der Waals surface area contributed by atoms with Crippen molar-refractivity contribution in [3.8, 4) is 5.75 Å². The van der Waals surface area contributed by atoms with Crippen LogP contribution < -0.4 is 4.74 Å². The van der Waals surface area contributed by atoms with Crippen molar-refractivity contribution in [3.63, 3.8) is 0 Å². The molecular formula is C13H16O2S. The predicted octanol–water partition coefficient (Wildman–Crippen LogP) is 3.65. The second kappa shape index (κ2) is 5.39. The average molecular weight is 236 g/mol. The lowest BCUT2D eigenvalue weighted by Gasteiger charge is -2.04. The molecule has 2 nitrogen and oxygen atoms in total. The van der Waals surface area contributed by atoms with E-state index in [0.29, 0.717) is 12.2 Å². The molecule has 0 aromatic heterocycles. The van der Waals surface area contributed by atoms with Gasteiger partial charge in [-0.3, -0.25) is 4.79 Å². The second-order valence-corrected chi connectivity index (χ2v) is 5.39. The molecule has 1 saturated carbocycles. The van der Waals surface area contributed by atoms with Gasteiger partial charge in [-0.2, -0.15) is 0 Å². The third-order valence-electron chi connectivity index (χ3n) is 2.34. The maximum Gasteiger partial charge on any atom is 0.311 e. The Morgan fingerprint density at radius 1 is 1.38 bits per heavy atom. The molecule has 3 heteroatoms. The van der Waals surface area contributed by atoms with Crippen LogP contribution in [0.15, 0.2) is 29.2 Å². The third kappa shape index (κ3) is 3.56. The number of benzene rings is 1. The summed E-state index contributed by atoms with van der Waals surface area (Å²) in [6.07, 6.45) is 3.98. The lowest BCUT2D eigenvalue weighted by molar-refractivity contribution is -0.134. The maximum absolute atomic E-state index is 11.3. The molecule has 0 atom stereocenters. The van der Waals surface area contributed by atoms with E-state index in [9.17, 15) is 4.79 Å². The van der Waals surface area contributed by atoms with Crippen molar-refractivity contribution >= 4 is 17.7 Å². The molecule has 1 aromatic rings. The van der Waals surface area contributed by atoms with Crippen molar-refractivity contribution in [3.05, 3.63) is 24.3 Å². The normalized spacial score (nSPS) is 14.8. The van der Waals surface area contributed by atoms with E-state index in [0.717, 1.165) is 11.7 Å². The zero-order valence-electron chi connectivity index (χ0n) is 9.44. The first-order valence-electron chi connectivity index (χ1n) is 5.75. The van der Waals surface area contributed by atoms with Gasteiger partial charge in [0.1, 0.15) is 5.75 Å². The minimum atomic E-state index is -0.148. The number of hydrogen-bond donors (Lipinski definition) is 0. The van der Waals surface area contributed by atoms with Gasteiger partial charge < -0.3 is 4.74 Å². The standard InChI is InChI=1S/C13H16O2S/c1-2-3-13(14)15-10-4-6-11(7-5-10)16-12-8-9-12/h4-7,12H,2-3,8-9H2,1H3. The Hall–Kier alpha value is -0.960. The molecule has 0 radical (unpaired) electrons. The summed E-state index contributed by atoms with van der Waals surface area (Å²) in [6, 6.07) is 7.80. The molecule has 1 aliphatic rings. The maximum atomic E-state index is 11.3. The Balaban J connectivity index is 1.87. The Bertz CT molecular complexity index is 355. The van der Waals surface area contributed by atoms with Crippen molar-refractivity contribution in [2.24, 2.45) is 0 Å². The van der Waals surface area contributed by atoms with E-state index >= 15 is 0 Å². The monoisotopic (exact) mass is 236 g/mol. The van der Waals surface area contributed by atoms with Crippen LogP contribution in [0.3, 0.4) is 0 Å². The first-order chi connectivity index (χ1) is 7.78. The van der Waals surface area contributed by atoms with E-state index in [1.165, 1.54) is 17.7 Å². The summed E-state index contributed by atoms with van der Waals surface area (Å²) >= 11 is 1.91. The van der Waals surface area contributed by atoms with Gasteiger partial charge in [0.25, 0.3) is 0 Å². The van der Waals surface area contributed by atoms with Crippen LogP contribution in [0.5, 0.6) is 5.75 Å². The van der Waals surface area contributed by atoms with Crippen LogP contribution in [0.1, 0.15) is 32.6 Å². The van der Waals surface area contributed by atoms with Gasteiger partial charge in [0.05, 0.1) is 0 Å². The van der Waals surface area contributed by atoms with Crippen LogP contribution in [-0.4, -0.2) is 11.2 Å². The molecule has 0 bridgehead atoms. The number of carbonyl (C=O) groups is 1. The van der Waals surface area contributed by atoms with E-state index in [4.69, 9.17) is 4.74 Å². The molecule has 0 saturated heterocycles. The largest absolute Gasteiger partial charge is 0.427 e. The molecule has 1 aromatic carbocycles. The Kier molecular flexibility index (Phi) is 3.88. The van der Waals surface area contributed by atoms with E-state index in [1.807, 2.05) is 43.0 Å². The van der Waals surface area contributed by atoms with Gasteiger partial charge in [-0.05, 0) is 43.5 Å². The van der Waals surface area contributed by atoms with Crippen molar-refractivity contribution in [1.29, 1.82) is 0 Å². The van der Waals surface area contributed by atoms with Crippen molar-refractivity contribution in [2.75, 3.05) is 0 Å². The quantitative estimate of drug-likeness (QED) is 0.576. The van der Waals surface area contributed by atoms with Crippen LogP contribution in [0.2, 0.25) is 0 Å². The highest BCUT2D eigenvalue weighted by Gasteiger charge is 2.22. The molecule has 0 heterocycles. The smallest absolute Gasteiger partial charge is 0.311 e. The summed E-state index contributed by atoms with van der Waals surface area (Å²) < 4.78 is 5.18. The summed E-state index contributed by atoms with van der Waals surface area (Å²) in [6.45, 7) is 1.97. The first kappa shape index (κ1) is 11.5. The number of thioether (sulfide) groups is 1. The molecule has 0 N–H and O–H groups in total. The lowest BCUT2D eigenvalue weighted by atomic mass is 10.3. The van der Waals surface area contributed by atoms with Gasteiger partial charge >= 0.3 is 5.97 Å². The molecule has 0 unspecified atom stereocenters. The van der Waals surface area contributed by atoms with Gasteiger partial charge in [0, 0.05) is 16.6 Å². The molecule has 0 spiro atoms. The van der Waals surface area contributed by atoms with E-state index < -0.39 is 0 Å². The molecule has 2 rings (SSSR count). The van der Waals surface area contributed by atoms with Crippen LogP contribution in [0.25, 0.3) is 0 Å². The summed E-state index contributed by atoms with van der Waals surface area (Å²) in [7, 11) is 0. The minimum Gasteiger partial charge on any atom is -0.427 e. The van der Waals surface area contributed by atoms with Gasteiger partial charge in [-0.25, -0.2) is 0 Å². The number of carbonyl (C=O) groups excluding carboxylic acids is 1. The zero-order chi connectivity index (χ0) is 11.4. The molecule has 16 heavy (non-hydrogen) atoms. The zero-order valence-corrected chi connectivity index (χ0v) is 10.3. The van der Waals surface area contributed by atoms with Gasteiger partial charge in [0.2, 0.25) is 0 Å². The average Bonchev–Trinajstić information content (AvgIpc) is 3.05. The lowest BCUT2D eigenvalue weighted by Crippen LogP contribution is -2.06. The number of hydrogen-bond acceptors (Lipinski definition) is 3. The summed E-state index contributed by atoms with van der Waals surface area (Å²) in [5, 5.41) is 0.813. The van der Waals surface area contributed by atoms with Crippen molar-refractivity contribution in [2.45, 2.75) is 42.8 Å². The predicted molar refractivity (Wildman–Crippen MR) is 65.9 cm³/mol. The molecule has 1 fully saturated rings. The van der Waals surface area contributed by atoms with Crippen molar-refractivity contribution in [1.82, 2.24) is 0 Å². The highest BCUT2D eigenvalue weighted by Crippen LogP contribution is 2.39. The van der Waals surface area contributed by atoms with Crippen LogP contribution in [0, 0.1) is 0 Å². The summed E-state index contributed by atoms with van der Waals surface area (Å²) in [5.74, 6) is 0.503. The van der Waals surface area contributed by atoms with E-state index in [1.54, 1.807) is 0 Å². The molecule has 1 aliphatic carbocycles. The van der Waals surface area contributed by atoms with Gasteiger partial charge in [0.15, 0.2) is 0 Å². The highest BCUT2D eigenvalue weighted by atomic mass is 32.2. The highest BCUT2D eigenvalue weighted by molar-refractivity contribution is 8.00. The van der Waals surface area contributed by atoms with Crippen molar-refractivity contribution < 1.29 is 9.53 Å². The molecule has 0 aliphatic heterocycles. The Labute approximate surface area is 100 Å².